The maximum atomic E-state index is 10.3. The van der Waals surface area contributed by atoms with Crippen molar-refractivity contribution in [1.29, 1.82) is 0 Å². The van der Waals surface area contributed by atoms with Crippen LogP contribution in [-0.4, -0.2) is 24.3 Å². The molecule has 0 saturated heterocycles. The fraction of sp³-hybridized carbons (Fsp3) is 0.400. The predicted octanol–water partition coefficient (Wildman–Crippen LogP) is -0.293. The van der Waals surface area contributed by atoms with Gasteiger partial charge in [0.1, 0.15) is 5.75 Å². The van der Waals surface area contributed by atoms with E-state index in [1.54, 1.807) is 0 Å². The van der Waals surface area contributed by atoms with Gasteiger partial charge in [0, 0.05) is 12.8 Å². The van der Waals surface area contributed by atoms with Crippen LogP contribution in [0.15, 0.2) is 54.6 Å². The number of nitrogens with two attached hydrogens (primary N) is 1. The molecular weight excluding hydrogens is 322 g/mol. The Labute approximate surface area is 151 Å². The third-order valence-electron chi connectivity index (χ3n) is 3.74. The molecule has 0 radical (unpaired) electrons. The first-order valence-corrected chi connectivity index (χ1v) is 8.45. The molecule has 3 N–H and O–H groups in total. The molecular formula is C20H28ClNO2. The quantitative estimate of drug-likeness (QED) is 0.611. The molecule has 0 heterocycles. The molecule has 0 saturated carbocycles. The third-order valence-corrected chi connectivity index (χ3v) is 3.74. The highest BCUT2D eigenvalue weighted by molar-refractivity contribution is 5.30. The smallest absolute Gasteiger partial charge is 0.120 e. The predicted molar refractivity (Wildman–Crippen MR) is 93.6 cm³/mol. The van der Waals surface area contributed by atoms with Gasteiger partial charge in [0.05, 0.1) is 25.3 Å². The summed E-state index contributed by atoms with van der Waals surface area (Å²) in [6.45, 7) is 5.98. The summed E-state index contributed by atoms with van der Waals surface area (Å²) in [7, 11) is 0. The van der Waals surface area contributed by atoms with E-state index in [0.29, 0.717) is 0 Å². The molecule has 1 unspecified atom stereocenters. The molecule has 2 aromatic rings. The van der Waals surface area contributed by atoms with E-state index in [-0.39, 0.29) is 18.5 Å². The molecule has 0 aliphatic rings. The van der Waals surface area contributed by atoms with Crippen LogP contribution < -0.4 is 22.5 Å². The first-order chi connectivity index (χ1) is 11.1. The van der Waals surface area contributed by atoms with Gasteiger partial charge in [-0.2, -0.15) is 0 Å². The molecule has 24 heavy (non-hydrogen) atoms. The van der Waals surface area contributed by atoms with E-state index in [1.807, 2.05) is 44.2 Å². The molecule has 0 bridgehead atoms. The highest BCUT2D eigenvalue weighted by Crippen LogP contribution is 2.21. The third kappa shape index (κ3) is 7.35. The number of hydrogen-bond donors (Lipinski definition) is 2. The van der Waals surface area contributed by atoms with E-state index in [4.69, 9.17) is 4.74 Å². The number of rotatable bonds is 9. The second-order valence-electron chi connectivity index (χ2n) is 6.15. The van der Waals surface area contributed by atoms with Gasteiger partial charge < -0.3 is 27.6 Å². The van der Waals surface area contributed by atoms with Gasteiger partial charge in [-0.3, -0.25) is 0 Å². The van der Waals surface area contributed by atoms with Gasteiger partial charge in [-0.05, 0) is 37.1 Å². The zero-order chi connectivity index (χ0) is 16.5. The number of benzene rings is 2. The number of quaternary nitrogens is 1. The summed E-state index contributed by atoms with van der Waals surface area (Å²) < 4.78 is 5.68. The Hall–Kier alpha value is -1.55. The van der Waals surface area contributed by atoms with Crippen molar-refractivity contribution in [2.24, 2.45) is 0 Å². The fourth-order valence-electron chi connectivity index (χ4n) is 2.57. The van der Waals surface area contributed by atoms with E-state index in [1.165, 1.54) is 5.56 Å². The van der Waals surface area contributed by atoms with Gasteiger partial charge in [-0.15, -0.1) is 0 Å². The van der Waals surface area contributed by atoms with Crippen LogP contribution in [0.3, 0.4) is 0 Å². The Morgan fingerprint density at radius 1 is 1.00 bits per heavy atom. The lowest BCUT2D eigenvalue weighted by Gasteiger charge is -2.14. The van der Waals surface area contributed by atoms with E-state index < -0.39 is 6.10 Å². The lowest BCUT2D eigenvalue weighted by atomic mass is 10.1. The molecule has 1 atom stereocenters. The summed E-state index contributed by atoms with van der Waals surface area (Å²) in [5.41, 5.74) is 2.29. The SMILES string of the molecule is CC(C)Oc1cccc(C(O)CC[NH2+]CCc2ccccc2)c1.[Cl-]. The summed E-state index contributed by atoms with van der Waals surface area (Å²) >= 11 is 0. The second-order valence-corrected chi connectivity index (χ2v) is 6.15. The Morgan fingerprint density at radius 2 is 1.75 bits per heavy atom. The molecule has 4 heteroatoms. The minimum absolute atomic E-state index is 0. The maximum Gasteiger partial charge on any atom is 0.120 e. The van der Waals surface area contributed by atoms with E-state index >= 15 is 0 Å². The summed E-state index contributed by atoms with van der Waals surface area (Å²) in [5, 5.41) is 12.6. The largest absolute Gasteiger partial charge is 1.00 e. The standard InChI is InChI=1S/C20H27NO2.ClH/c1-16(2)23-19-10-6-9-18(15-19)20(22)12-14-21-13-11-17-7-4-3-5-8-17;/h3-10,15-16,20-22H,11-14H2,1-2H3;1H. The Morgan fingerprint density at radius 3 is 2.46 bits per heavy atom. The van der Waals surface area contributed by atoms with Crippen molar-refractivity contribution >= 4 is 0 Å². The molecule has 0 amide bonds. The van der Waals surface area contributed by atoms with Gasteiger partial charge in [0.15, 0.2) is 0 Å². The maximum absolute atomic E-state index is 10.3. The Bertz CT molecular complexity index is 575. The number of aliphatic hydroxyl groups excluding tert-OH is 1. The summed E-state index contributed by atoms with van der Waals surface area (Å²) in [6.07, 6.45) is 1.53. The first kappa shape index (κ1) is 20.5. The highest BCUT2D eigenvalue weighted by Gasteiger charge is 2.10. The molecule has 0 aliphatic carbocycles. The normalized spacial score (nSPS) is 11.8. The highest BCUT2D eigenvalue weighted by atomic mass is 35.5. The van der Waals surface area contributed by atoms with Crippen LogP contribution in [0.5, 0.6) is 5.75 Å². The molecule has 2 aromatic carbocycles. The van der Waals surface area contributed by atoms with Crippen LogP contribution in [0.2, 0.25) is 0 Å². The molecule has 0 fully saturated rings. The van der Waals surface area contributed by atoms with Crippen molar-refractivity contribution in [3.63, 3.8) is 0 Å². The van der Waals surface area contributed by atoms with Crippen LogP contribution in [0.1, 0.15) is 37.5 Å². The molecule has 132 valence electrons. The zero-order valence-electron chi connectivity index (χ0n) is 14.5. The average molecular weight is 350 g/mol. The fourth-order valence-corrected chi connectivity index (χ4v) is 2.57. The zero-order valence-corrected chi connectivity index (χ0v) is 15.2. The summed E-state index contributed by atoms with van der Waals surface area (Å²) in [4.78, 5) is 0. The van der Waals surface area contributed by atoms with Crippen LogP contribution >= 0.6 is 0 Å². The van der Waals surface area contributed by atoms with Gasteiger partial charge in [0.25, 0.3) is 0 Å². The van der Waals surface area contributed by atoms with Gasteiger partial charge in [-0.25, -0.2) is 0 Å². The van der Waals surface area contributed by atoms with Crippen LogP contribution in [0, 0.1) is 0 Å². The molecule has 0 aliphatic heterocycles. The van der Waals surface area contributed by atoms with Crippen molar-refractivity contribution in [2.45, 2.75) is 38.9 Å². The van der Waals surface area contributed by atoms with Crippen molar-refractivity contribution < 1.29 is 27.6 Å². The first-order valence-electron chi connectivity index (χ1n) is 8.45. The number of halogens is 1. The van der Waals surface area contributed by atoms with Crippen molar-refractivity contribution in [3.05, 3.63) is 65.7 Å². The van der Waals surface area contributed by atoms with E-state index in [0.717, 1.165) is 37.2 Å². The van der Waals surface area contributed by atoms with E-state index in [9.17, 15) is 5.11 Å². The van der Waals surface area contributed by atoms with Crippen LogP contribution in [0.25, 0.3) is 0 Å². The average Bonchev–Trinajstić information content (AvgIpc) is 2.55. The second kappa shape index (κ2) is 11.1. The van der Waals surface area contributed by atoms with Crippen LogP contribution in [0.4, 0.5) is 0 Å². The summed E-state index contributed by atoms with van der Waals surface area (Å²) in [6, 6.07) is 18.3. The molecule has 3 nitrogen and oxygen atoms in total. The molecule has 2 rings (SSSR count). The Balaban J connectivity index is 0.00000288. The topological polar surface area (TPSA) is 46.1 Å². The lowest BCUT2D eigenvalue weighted by Crippen LogP contribution is -3.00. The van der Waals surface area contributed by atoms with Crippen molar-refractivity contribution in [3.8, 4) is 5.75 Å². The minimum Gasteiger partial charge on any atom is -1.00 e. The van der Waals surface area contributed by atoms with Gasteiger partial charge >= 0.3 is 0 Å². The molecule has 0 spiro atoms. The van der Waals surface area contributed by atoms with Gasteiger partial charge in [-0.1, -0.05) is 42.5 Å². The van der Waals surface area contributed by atoms with Gasteiger partial charge in [0.2, 0.25) is 0 Å². The number of hydrogen-bond acceptors (Lipinski definition) is 2. The lowest BCUT2D eigenvalue weighted by molar-refractivity contribution is -0.655. The number of ether oxygens (including phenoxy) is 1. The Kier molecular flexibility index (Phi) is 9.46. The summed E-state index contributed by atoms with van der Waals surface area (Å²) in [5.74, 6) is 0.824. The van der Waals surface area contributed by atoms with E-state index in [2.05, 4.69) is 29.6 Å². The molecule has 0 aromatic heterocycles. The van der Waals surface area contributed by atoms with Crippen molar-refractivity contribution in [1.82, 2.24) is 0 Å². The number of aliphatic hydroxyl groups is 1. The van der Waals surface area contributed by atoms with Crippen LogP contribution in [-0.2, 0) is 6.42 Å². The monoisotopic (exact) mass is 349 g/mol. The minimum atomic E-state index is -0.432. The van der Waals surface area contributed by atoms with Crippen molar-refractivity contribution in [2.75, 3.05) is 13.1 Å².